The molecule has 2 rings (SSSR count). The maximum atomic E-state index is 12.2. The van der Waals surface area contributed by atoms with Crippen molar-refractivity contribution in [1.82, 2.24) is 14.9 Å². The van der Waals surface area contributed by atoms with Gasteiger partial charge in [-0.25, -0.2) is 9.97 Å². The van der Waals surface area contributed by atoms with E-state index in [1.807, 2.05) is 14.0 Å². The van der Waals surface area contributed by atoms with E-state index in [2.05, 4.69) is 9.97 Å². The second-order valence-electron chi connectivity index (χ2n) is 4.86. The smallest absolute Gasteiger partial charge is 0.272 e. The van der Waals surface area contributed by atoms with E-state index in [1.165, 1.54) is 0 Å². The Morgan fingerprint density at radius 3 is 2.89 bits per heavy atom. The minimum absolute atomic E-state index is 0.0458. The standard InChI is InChI=1S/C13H19N3O2/c1-9-6-12(15-10(2)14-9)13(17)16(3)7-11-4-5-18-8-11/h6,11H,4-5,7-8H2,1-3H3/t11-/m1/s1. The van der Waals surface area contributed by atoms with E-state index in [0.717, 1.165) is 31.9 Å². The van der Waals surface area contributed by atoms with Gasteiger partial charge in [0.05, 0.1) is 6.61 Å². The zero-order valence-corrected chi connectivity index (χ0v) is 11.1. The Kier molecular flexibility index (Phi) is 3.91. The number of ether oxygens (including phenoxy) is 1. The number of nitrogens with zero attached hydrogens (tertiary/aromatic N) is 3. The van der Waals surface area contributed by atoms with Gasteiger partial charge in [-0.05, 0) is 26.3 Å². The highest BCUT2D eigenvalue weighted by Gasteiger charge is 2.21. The van der Waals surface area contributed by atoms with Crippen LogP contribution in [0.1, 0.15) is 28.4 Å². The number of hydrogen-bond donors (Lipinski definition) is 0. The van der Waals surface area contributed by atoms with Crippen LogP contribution in [0.2, 0.25) is 0 Å². The molecular formula is C13H19N3O2. The van der Waals surface area contributed by atoms with Crippen LogP contribution in [-0.4, -0.2) is 47.6 Å². The van der Waals surface area contributed by atoms with Crippen molar-refractivity contribution < 1.29 is 9.53 Å². The number of amides is 1. The average Bonchev–Trinajstić information content (AvgIpc) is 2.79. The molecule has 1 aliphatic rings. The van der Waals surface area contributed by atoms with E-state index in [1.54, 1.807) is 17.9 Å². The van der Waals surface area contributed by atoms with E-state index < -0.39 is 0 Å². The Hall–Kier alpha value is -1.49. The summed E-state index contributed by atoms with van der Waals surface area (Å²) in [6.07, 6.45) is 1.03. The number of hydrogen-bond acceptors (Lipinski definition) is 4. The molecule has 0 unspecified atom stereocenters. The average molecular weight is 249 g/mol. The molecule has 1 aromatic rings. The first-order valence-corrected chi connectivity index (χ1v) is 6.22. The van der Waals surface area contributed by atoms with Gasteiger partial charge in [-0.15, -0.1) is 0 Å². The number of aryl methyl sites for hydroxylation is 2. The molecule has 2 heterocycles. The van der Waals surface area contributed by atoms with E-state index >= 15 is 0 Å². The van der Waals surface area contributed by atoms with Crippen LogP contribution < -0.4 is 0 Å². The van der Waals surface area contributed by atoms with E-state index in [0.29, 0.717) is 17.4 Å². The van der Waals surface area contributed by atoms with Gasteiger partial charge in [0.1, 0.15) is 11.5 Å². The topological polar surface area (TPSA) is 55.3 Å². The Morgan fingerprint density at radius 2 is 2.28 bits per heavy atom. The van der Waals surface area contributed by atoms with E-state index in [9.17, 15) is 4.79 Å². The van der Waals surface area contributed by atoms with Crippen LogP contribution in [0.15, 0.2) is 6.07 Å². The summed E-state index contributed by atoms with van der Waals surface area (Å²) in [5, 5.41) is 0. The molecule has 0 aliphatic carbocycles. The Labute approximate surface area is 107 Å². The molecule has 0 spiro atoms. The molecule has 1 amide bonds. The maximum absolute atomic E-state index is 12.2. The Morgan fingerprint density at radius 1 is 1.50 bits per heavy atom. The molecule has 1 aliphatic heterocycles. The van der Waals surface area contributed by atoms with Gasteiger partial charge in [0, 0.05) is 31.8 Å². The zero-order chi connectivity index (χ0) is 13.1. The van der Waals surface area contributed by atoms with Crippen LogP contribution >= 0.6 is 0 Å². The van der Waals surface area contributed by atoms with Crippen LogP contribution in [0, 0.1) is 19.8 Å². The minimum Gasteiger partial charge on any atom is -0.381 e. The van der Waals surface area contributed by atoms with Gasteiger partial charge in [0.15, 0.2) is 0 Å². The summed E-state index contributed by atoms with van der Waals surface area (Å²) in [5.41, 5.74) is 1.30. The van der Waals surface area contributed by atoms with Crippen molar-refractivity contribution in [2.24, 2.45) is 5.92 Å². The van der Waals surface area contributed by atoms with Gasteiger partial charge in [-0.2, -0.15) is 0 Å². The predicted molar refractivity (Wildman–Crippen MR) is 67.4 cm³/mol. The van der Waals surface area contributed by atoms with Crippen molar-refractivity contribution in [2.75, 3.05) is 26.8 Å². The first-order valence-electron chi connectivity index (χ1n) is 6.22. The molecule has 0 radical (unpaired) electrons. The van der Waals surface area contributed by atoms with Crippen molar-refractivity contribution in [2.45, 2.75) is 20.3 Å². The van der Waals surface area contributed by atoms with Gasteiger partial charge >= 0.3 is 0 Å². The molecule has 5 nitrogen and oxygen atoms in total. The Balaban J connectivity index is 2.04. The van der Waals surface area contributed by atoms with Gasteiger partial charge in [0.2, 0.25) is 0 Å². The van der Waals surface area contributed by atoms with Gasteiger partial charge in [-0.1, -0.05) is 0 Å². The molecule has 98 valence electrons. The zero-order valence-electron chi connectivity index (χ0n) is 11.1. The molecule has 1 aromatic heterocycles. The third kappa shape index (κ3) is 3.04. The number of rotatable bonds is 3. The maximum Gasteiger partial charge on any atom is 0.272 e. The monoisotopic (exact) mass is 249 g/mol. The molecule has 0 saturated carbocycles. The summed E-state index contributed by atoms with van der Waals surface area (Å²) in [6.45, 7) is 5.95. The summed E-state index contributed by atoms with van der Waals surface area (Å²) in [7, 11) is 1.81. The van der Waals surface area contributed by atoms with Gasteiger partial charge in [0.25, 0.3) is 5.91 Å². The largest absolute Gasteiger partial charge is 0.381 e. The highest BCUT2D eigenvalue weighted by atomic mass is 16.5. The second-order valence-corrected chi connectivity index (χ2v) is 4.86. The van der Waals surface area contributed by atoms with Crippen molar-refractivity contribution in [3.05, 3.63) is 23.3 Å². The molecular weight excluding hydrogens is 230 g/mol. The summed E-state index contributed by atoms with van der Waals surface area (Å²) in [6, 6.07) is 1.73. The van der Waals surface area contributed by atoms with Crippen LogP contribution in [0.3, 0.4) is 0 Å². The van der Waals surface area contributed by atoms with Crippen LogP contribution in [0.5, 0.6) is 0 Å². The quantitative estimate of drug-likeness (QED) is 0.807. The molecule has 1 atom stereocenters. The van der Waals surface area contributed by atoms with Crippen LogP contribution in [-0.2, 0) is 4.74 Å². The summed E-state index contributed by atoms with van der Waals surface area (Å²) in [4.78, 5) is 22.3. The molecule has 1 saturated heterocycles. The SMILES string of the molecule is Cc1cc(C(=O)N(C)C[C@H]2CCOC2)nc(C)n1. The molecule has 1 fully saturated rings. The van der Waals surface area contributed by atoms with E-state index in [4.69, 9.17) is 4.74 Å². The van der Waals surface area contributed by atoms with Gasteiger partial charge in [-0.3, -0.25) is 4.79 Å². The third-order valence-corrected chi connectivity index (χ3v) is 3.09. The number of carbonyl (C=O) groups is 1. The van der Waals surface area contributed by atoms with Crippen molar-refractivity contribution in [3.8, 4) is 0 Å². The van der Waals surface area contributed by atoms with Crippen LogP contribution in [0.25, 0.3) is 0 Å². The molecule has 5 heteroatoms. The third-order valence-electron chi connectivity index (χ3n) is 3.09. The lowest BCUT2D eigenvalue weighted by Gasteiger charge is -2.20. The van der Waals surface area contributed by atoms with Crippen molar-refractivity contribution in [1.29, 1.82) is 0 Å². The fourth-order valence-electron chi connectivity index (χ4n) is 2.22. The first kappa shape index (κ1) is 13.0. The fourth-order valence-corrected chi connectivity index (χ4v) is 2.22. The summed E-state index contributed by atoms with van der Waals surface area (Å²) < 4.78 is 5.32. The molecule has 0 aromatic carbocycles. The molecule has 0 bridgehead atoms. The lowest BCUT2D eigenvalue weighted by Crippen LogP contribution is -2.32. The van der Waals surface area contributed by atoms with E-state index in [-0.39, 0.29) is 5.91 Å². The highest BCUT2D eigenvalue weighted by Crippen LogP contribution is 2.14. The normalized spacial score (nSPS) is 18.9. The van der Waals surface area contributed by atoms with Crippen molar-refractivity contribution >= 4 is 5.91 Å². The summed E-state index contributed by atoms with van der Waals surface area (Å²) >= 11 is 0. The summed E-state index contributed by atoms with van der Waals surface area (Å²) in [5.74, 6) is 1.04. The fraction of sp³-hybridized carbons (Fsp3) is 0.615. The predicted octanol–water partition coefficient (Wildman–Crippen LogP) is 1.20. The number of carbonyl (C=O) groups excluding carboxylic acids is 1. The second kappa shape index (κ2) is 5.44. The highest BCUT2D eigenvalue weighted by molar-refractivity contribution is 5.92. The lowest BCUT2D eigenvalue weighted by molar-refractivity contribution is 0.0759. The van der Waals surface area contributed by atoms with Crippen molar-refractivity contribution in [3.63, 3.8) is 0 Å². The van der Waals surface area contributed by atoms with Crippen LogP contribution in [0.4, 0.5) is 0 Å². The van der Waals surface area contributed by atoms with Gasteiger partial charge < -0.3 is 9.64 Å². The number of aromatic nitrogens is 2. The first-order chi connectivity index (χ1) is 8.56. The molecule has 18 heavy (non-hydrogen) atoms. The Bertz CT molecular complexity index is 422. The molecule has 0 N–H and O–H groups in total. The minimum atomic E-state index is -0.0458. The lowest BCUT2D eigenvalue weighted by atomic mass is 10.1.